The van der Waals surface area contributed by atoms with Gasteiger partial charge in [0.25, 0.3) is 5.97 Å². The summed E-state index contributed by atoms with van der Waals surface area (Å²) in [5, 5.41) is 0. The van der Waals surface area contributed by atoms with Crippen LogP contribution in [0.2, 0.25) is 0 Å². The first kappa shape index (κ1) is 6.53. The van der Waals surface area contributed by atoms with Crippen LogP contribution in [0.1, 0.15) is 13.8 Å². The molecule has 2 nitrogen and oxygen atoms in total. The minimum Gasteiger partial charge on any atom is -0.543 e. The summed E-state index contributed by atoms with van der Waals surface area (Å²) >= 11 is 0. The highest BCUT2D eigenvalue weighted by molar-refractivity contribution is 6.05. The van der Waals surface area contributed by atoms with Crippen LogP contribution >= 0.6 is 0 Å². The first-order valence-electron chi connectivity index (χ1n) is 2.26. The van der Waals surface area contributed by atoms with E-state index in [0.717, 1.165) is 0 Å². The lowest BCUT2D eigenvalue weighted by Crippen LogP contribution is -2.08. The maximum absolute atomic E-state index is 10.3. The Morgan fingerprint density at radius 2 is 2.14 bits per heavy atom. The van der Waals surface area contributed by atoms with Gasteiger partial charge in [-0.2, -0.15) is 0 Å². The van der Waals surface area contributed by atoms with Crippen LogP contribution in [0.25, 0.3) is 0 Å². The van der Waals surface area contributed by atoms with Crippen LogP contribution in [-0.4, -0.2) is 14.0 Å². The fourth-order valence-corrected chi connectivity index (χ4v) is 0.236. The number of rotatable bonds is 1. The Hall–Kier alpha value is -0.465. The molecule has 0 amide bonds. The third-order valence-corrected chi connectivity index (χ3v) is 0.673. The molecule has 0 aromatic rings. The van der Waals surface area contributed by atoms with Crippen LogP contribution in [0, 0.1) is 5.92 Å². The standard InChI is InChI=1S/C4H9BO2/c1-3(2)4(6)7-5/h3H,5H2,1-2H3. The summed E-state index contributed by atoms with van der Waals surface area (Å²) in [5.41, 5.74) is 0. The van der Waals surface area contributed by atoms with Crippen molar-refractivity contribution >= 4 is 14.0 Å². The van der Waals surface area contributed by atoms with E-state index in [-0.39, 0.29) is 11.9 Å². The fourth-order valence-electron chi connectivity index (χ4n) is 0.236. The van der Waals surface area contributed by atoms with Gasteiger partial charge in [0.15, 0.2) is 0 Å². The average Bonchev–Trinajstić information content (AvgIpc) is 1.65. The van der Waals surface area contributed by atoms with Crippen molar-refractivity contribution in [3.63, 3.8) is 0 Å². The van der Waals surface area contributed by atoms with Crippen molar-refractivity contribution in [2.24, 2.45) is 5.92 Å². The van der Waals surface area contributed by atoms with Gasteiger partial charge in [-0.15, -0.1) is 0 Å². The molecular weight excluding hydrogens is 90.9 g/mol. The molecule has 7 heavy (non-hydrogen) atoms. The molecule has 0 atom stereocenters. The summed E-state index contributed by atoms with van der Waals surface area (Å²) in [4.78, 5) is 10.3. The van der Waals surface area contributed by atoms with Gasteiger partial charge in [0, 0.05) is 5.92 Å². The summed E-state index contributed by atoms with van der Waals surface area (Å²) in [6.45, 7) is 3.59. The summed E-state index contributed by atoms with van der Waals surface area (Å²) in [7, 11) is 1.39. The molecule has 0 N–H and O–H groups in total. The summed E-state index contributed by atoms with van der Waals surface area (Å²) in [6.07, 6.45) is 0. The van der Waals surface area contributed by atoms with E-state index in [1.54, 1.807) is 13.8 Å². The molecule has 0 bridgehead atoms. The van der Waals surface area contributed by atoms with E-state index >= 15 is 0 Å². The second-order valence-corrected chi connectivity index (χ2v) is 1.68. The van der Waals surface area contributed by atoms with Gasteiger partial charge in [0.1, 0.15) is 0 Å². The van der Waals surface area contributed by atoms with Gasteiger partial charge in [-0.25, -0.2) is 0 Å². The Morgan fingerprint density at radius 1 is 1.71 bits per heavy atom. The maximum Gasteiger partial charge on any atom is 0.325 e. The Kier molecular flexibility index (Phi) is 2.49. The van der Waals surface area contributed by atoms with E-state index in [0.29, 0.717) is 0 Å². The fraction of sp³-hybridized carbons (Fsp3) is 0.750. The number of hydrogen-bond donors (Lipinski definition) is 0. The van der Waals surface area contributed by atoms with Crippen LogP contribution in [0.4, 0.5) is 0 Å². The molecule has 0 aliphatic rings. The minimum atomic E-state index is -0.153. The van der Waals surface area contributed by atoms with Crippen LogP contribution in [-0.2, 0) is 9.45 Å². The molecular formula is C4H9BO2. The summed E-state index contributed by atoms with van der Waals surface area (Å²) < 4.78 is 4.37. The zero-order chi connectivity index (χ0) is 5.86. The van der Waals surface area contributed by atoms with Crippen molar-refractivity contribution in [3.8, 4) is 0 Å². The second-order valence-electron chi connectivity index (χ2n) is 1.68. The van der Waals surface area contributed by atoms with Crippen molar-refractivity contribution in [1.82, 2.24) is 0 Å². The Morgan fingerprint density at radius 3 is 2.14 bits per heavy atom. The van der Waals surface area contributed by atoms with Crippen molar-refractivity contribution in [1.29, 1.82) is 0 Å². The highest BCUT2D eigenvalue weighted by atomic mass is 16.5. The van der Waals surface area contributed by atoms with Crippen LogP contribution in [0.3, 0.4) is 0 Å². The molecule has 0 aromatic carbocycles. The topological polar surface area (TPSA) is 26.3 Å². The van der Waals surface area contributed by atoms with Crippen LogP contribution < -0.4 is 0 Å². The first-order valence-corrected chi connectivity index (χ1v) is 2.26. The van der Waals surface area contributed by atoms with E-state index in [4.69, 9.17) is 0 Å². The third-order valence-electron chi connectivity index (χ3n) is 0.673. The summed E-state index contributed by atoms with van der Waals surface area (Å²) in [5.74, 6) is -0.148. The quantitative estimate of drug-likeness (QED) is 0.424. The predicted octanol–water partition coefficient (Wildman–Crippen LogP) is -0.266. The number of hydrogen-bond acceptors (Lipinski definition) is 2. The Bertz CT molecular complexity index is 70.1. The van der Waals surface area contributed by atoms with Gasteiger partial charge in [0.05, 0.1) is 0 Å². The largest absolute Gasteiger partial charge is 0.543 e. The van der Waals surface area contributed by atoms with Crippen LogP contribution in [0.5, 0.6) is 0 Å². The molecule has 0 spiro atoms. The molecule has 0 radical (unpaired) electrons. The molecule has 0 unspecified atom stereocenters. The van der Waals surface area contributed by atoms with E-state index in [1.807, 2.05) is 0 Å². The van der Waals surface area contributed by atoms with Crippen LogP contribution in [0.15, 0.2) is 0 Å². The van der Waals surface area contributed by atoms with E-state index in [2.05, 4.69) is 4.65 Å². The molecule has 0 fully saturated rings. The Labute approximate surface area is 44.3 Å². The lowest BCUT2D eigenvalue weighted by Gasteiger charge is -1.99. The van der Waals surface area contributed by atoms with Crippen molar-refractivity contribution < 1.29 is 9.45 Å². The normalized spacial score (nSPS) is 9.00. The lowest BCUT2D eigenvalue weighted by molar-refractivity contribution is -0.137. The monoisotopic (exact) mass is 100 g/mol. The molecule has 3 heteroatoms. The van der Waals surface area contributed by atoms with Gasteiger partial charge in [-0.05, 0) is 0 Å². The number of carbonyl (C=O) groups is 1. The second kappa shape index (κ2) is 2.67. The highest BCUT2D eigenvalue weighted by Gasteiger charge is 2.02. The highest BCUT2D eigenvalue weighted by Crippen LogP contribution is 1.91. The molecule has 0 saturated carbocycles. The number of carbonyl (C=O) groups excluding carboxylic acids is 1. The minimum absolute atomic E-state index is 0.00463. The van der Waals surface area contributed by atoms with Crippen molar-refractivity contribution in [2.45, 2.75) is 13.8 Å². The molecule has 0 aromatic heterocycles. The van der Waals surface area contributed by atoms with E-state index in [1.165, 1.54) is 8.05 Å². The molecule has 40 valence electrons. The van der Waals surface area contributed by atoms with Gasteiger partial charge in [-0.3, -0.25) is 4.79 Å². The average molecular weight is 99.9 g/mol. The van der Waals surface area contributed by atoms with Gasteiger partial charge >= 0.3 is 8.05 Å². The van der Waals surface area contributed by atoms with Gasteiger partial charge in [0.2, 0.25) is 0 Å². The van der Waals surface area contributed by atoms with Gasteiger partial charge < -0.3 is 4.65 Å². The van der Waals surface area contributed by atoms with E-state index in [9.17, 15) is 4.79 Å². The predicted molar refractivity (Wildman–Crippen MR) is 29.5 cm³/mol. The molecule has 0 aliphatic carbocycles. The lowest BCUT2D eigenvalue weighted by atomic mass is 10.2. The Balaban J connectivity index is 3.35. The molecule has 0 saturated heterocycles. The molecule has 0 heterocycles. The van der Waals surface area contributed by atoms with Gasteiger partial charge in [-0.1, -0.05) is 13.8 Å². The van der Waals surface area contributed by atoms with E-state index < -0.39 is 0 Å². The zero-order valence-electron chi connectivity index (χ0n) is 4.89. The first-order chi connectivity index (χ1) is 3.18. The SMILES string of the molecule is BOC(=O)C(C)C. The third kappa shape index (κ3) is 2.26. The molecule has 0 aliphatic heterocycles. The van der Waals surface area contributed by atoms with Crippen molar-refractivity contribution in [3.05, 3.63) is 0 Å². The zero-order valence-corrected chi connectivity index (χ0v) is 4.89. The maximum atomic E-state index is 10.3. The van der Waals surface area contributed by atoms with Crippen molar-refractivity contribution in [2.75, 3.05) is 0 Å². The smallest absolute Gasteiger partial charge is 0.325 e. The molecule has 0 rings (SSSR count). The summed E-state index contributed by atoms with van der Waals surface area (Å²) in [6, 6.07) is 0.